The summed E-state index contributed by atoms with van der Waals surface area (Å²) in [7, 11) is 3.11. The van der Waals surface area contributed by atoms with Gasteiger partial charge in [0.15, 0.2) is 6.61 Å². The number of esters is 1. The lowest BCUT2D eigenvalue weighted by Crippen LogP contribution is -2.45. The molecule has 2 rings (SSSR count). The molecular weight excluding hydrogens is 346 g/mol. The van der Waals surface area contributed by atoms with Gasteiger partial charge in [-0.1, -0.05) is 26.7 Å². The Labute approximate surface area is 160 Å². The minimum atomic E-state index is -0.576. The largest absolute Gasteiger partial charge is 0.497 e. The molecule has 0 saturated heterocycles. The Bertz CT molecular complexity index is 685. The summed E-state index contributed by atoms with van der Waals surface area (Å²) in [5, 5.41) is 2.98. The van der Waals surface area contributed by atoms with E-state index in [1.807, 2.05) is 0 Å². The number of carbonyl (C=O) groups is 2. The summed E-state index contributed by atoms with van der Waals surface area (Å²) in [4.78, 5) is 24.0. The molecule has 148 valence electrons. The van der Waals surface area contributed by atoms with Crippen molar-refractivity contribution in [2.75, 3.05) is 20.8 Å². The second kappa shape index (κ2) is 10.00. The quantitative estimate of drug-likeness (QED) is 0.585. The lowest BCUT2D eigenvalue weighted by Gasteiger charge is -2.34. The third-order valence-corrected chi connectivity index (χ3v) is 5.24. The average molecular weight is 375 g/mol. The molecule has 6 heteroatoms. The maximum absolute atomic E-state index is 12.1. The fourth-order valence-electron chi connectivity index (χ4n) is 3.33. The Morgan fingerprint density at radius 2 is 1.96 bits per heavy atom. The first-order valence-electron chi connectivity index (χ1n) is 9.30. The second-order valence-corrected chi connectivity index (χ2v) is 6.99. The topological polar surface area (TPSA) is 73.9 Å². The number of ether oxygens (including phenoxy) is 3. The first-order valence-corrected chi connectivity index (χ1v) is 9.30. The van der Waals surface area contributed by atoms with Gasteiger partial charge in [0.05, 0.1) is 14.2 Å². The standard InChI is InChI=1S/C21H29NO5/c1-14-6-5-7-18(15(14)2)22-20(23)13-27-21(24)11-9-16-8-10-17(25-3)12-19(16)26-4/h8-12,14-15,18H,5-7,13H2,1-4H3,(H,22,23)/b11-9+/t14-,15-,18-/m0/s1. The Balaban J connectivity index is 1.83. The van der Waals surface area contributed by atoms with Crippen molar-refractivity contribution in [1.82, 2.24) is 5.32 Å². The van der Waals surface area contributed by atoms with Gasteiger partial charge < -0.3 is 19.5 Å². The smallest absolute Gasteiger partial charge is 0.331 e. The van der Waals surface area contributed by atoms with Crippen LogP contribution in [0.25, 0.3) is 6.08 Å². The highest BCUT2D eigenvalue weighted by molar-refractivity contribution is 5.89. The number of amides is 1. The molecule has 1 aromatic carbocycles. The van der Waals surface area contributed by atoms with Crippen molar-refractivity contribution in [3.05, 3.63) is 29.8 Å². The van der Waals surface area contributed by atoms with Crippen molar-refractivity contribution in [2.24, 2.45) is 11.8 Å². The van der Waals surface area contributed by atoms with Crippen molar-refractivity contribution < 1.29 is 23.8 Å². The molecule has 0 bridgehead atoms. The Morgan fingerprint density at radius 1 is 1.19 bits per heavy atom. The molecule has 3 atom stereocenters. The van der Waals surface area contributed by atoms with Gasteiger partial charge in [-0.25, -0.2) is 4.79 Å². The van der Waals surface area contributed by atoms with E-state index in [1.165, 1.54) is 12.5 Å². The molecule has 1 amide bonds. The Morgan fingerprint density at radius 3 is 2.67 bits per heavy atom. The van der Waals surface area contributed by atoms with Crippen LogP contribution in [0.4, 0.5) is 0 Å². The number of methoxy groups -OCH3 is 2. The van der Waals surface area contributed by atoms with E-state index in [0.717, 1.165) is 12.8 Å². The number of nitrogens with one attached hydrogen (secondary N) is 1. The third kappa shape index (κ3) is 6.01. The third-order valence-electron chi connectivity index (χ3n) is 5.24. The van der Waals surface area contributed by atoms with Crippen LogP contribution >= 0.6 is 0 Å². The van der Waals surface area contributed by atoms with E-state index in [0.29, 0.717) is 28.9 Å². The fraction of sp³-hybridized carbons (Fsp3) is 0.524. The predicted octanol–water partition coefficient (Wildman–Crippen LogP) is 3.20. The number of benzene rings is 1. The first-order chi connectivity index (χ1) is 12.9. The zero-order valence-corrected chi connectivity index (χ0v) is 16.5. The number of hydrogen-bond acceptors (Lipinski definition) is 5. The van der Waals surface area contributed by atoms with Crippen molar-refractivity contribution >= 4 is 18.0 Å². The molecule has 0 unspecified atom stereocenters. The minimum Gasteiger partial charge on any atom is -0.497 e. The van der Waals surface area contributed by atoms with E-state index in [-0.39, 0.29) is 18.6 Å². The van der Waals surface area contributed by atoms with Gasteiger partial charge in [-0.3, -0.25) is 4.79 Å². The molecule has 0 radical (unpaired) electrons. The van der Waals surface area contributed by atoms with Crippen LogP contribution in [0.5, 0.6) is 11.5 Å². The lowest BCUT2D eigenvalue weighted by atomic mass is 9.78. The summed E-state index contributed by atoms with van der Waals surface area (Å²) in [6, 6.07) is 5.43. The van der Waals surface area contributed by atoms with Crippen LogP contribution in [0, 0.1) is 11.8 Å². The minimum absolute atomic E-state index is 0.152. The van der Waals surface area contributed by atoms with E-state index in [9.17, 15) is 9.59 Å². The van der Waals surface area contributed by atoms with E-state index < -0.39 is 5.97 Å². The Kier molecular flexibility index (Phi) is 7.70. The fourth-order valence-corrected chi connectivity index (χ4v) is 3.33. The summed E-state index contributed by atoms with van der Waals surface area (Å²) in [5.74, 6) is 1.43. The monoisotopic (exact) mass is 375 g/mol. The zero-order valence-electron chi connectivity index (χ0n) is 16.5. The van der Waals surface area contributed by atoms with Gasteiger partial charge >= 0.3 is 5.97 Å². The highest BCUT2D eigenvalue weighted by Crippen LogP contribution is 2.29. The van der Waals surface area contributed by atoms with E-state index in [1.54, 1.807) is 38.5 Å². The van der Waals surface area contributed by atoms with Gasteiger partial charge in [0.25, 0.3) is 5.91 Å². The number of hydrogen-bond donors (Lipinski definition) is 1. The maximum atomic E-state index is 12.1. The van der Waals surface area contributed by atoms with Crippen molar-refractivity contribution in [3.8, 4) is 11.5 Å². The highest BCUT2D eigenvalue weighted by atomic mass is 16.5. The van der Waals surface area contributed by atoms with Crippen LogP contribution in [0.2, 0.25) is 0 Å². The molecule has 1 N–H and O–H groups in total. The molecule has 0 heterocycles. The molecule has 1 aromatic rings. The second-order valence-electron chi connectivity index (χ2n) is 6.99. The first kappa shape index (κ1) is 20.8. The molecule has 1 aliphatic rings. The summed E-state index contributed by atoms with van der Waals surface area (Å²) in [6.07, 6.45) is 6.15. The van der Waals surface area contributed by atoms with Crippen LogP contribution in [0.3, 0.4) is 0 Å². The summed E-state index contributed by atoms with van der Waals surface area (Å²) < 4.78 is 15.5. The average Bonchev–Trinajstić information content (AvgIpc) is 2.68. The normalized spacial score (nSPS) is 22.3. The predicted molar refractivity (Wildman–Crippen MR) is 104 cm³/mol. The van der Waals surface area contributed by atoms with E-state index in [2.05, 4.69) is 19.2 Å². The molecule has 27 heavy (non-hydrogen) atoms. The molecule has 0 spiro atoms. The van der Waals surface area contributed by atoms with E-state index >= 15 is 0 Å². The number of rotatable bonds is 7. The maximum Gasteiger partial charge on any atom is 0.331 e. The van der Waals surface area contributed by atoms with Gasteiger partial charge in [-0.05, 0) is 36.5 Å². The SMILES string of the molecule is COc1ccc(/C=C/C(=O)OCC(=O)N[C@H]2CCC[C@H](C)[C@@H]2C)c(OC)c1. The number of carbonyl (C=O) groups excluding carboxylic acids is 2. The summed E-state index contributed by atoms with van der Waals surface area (Å²) >= 11 is 0. The molecule has 1 fully saturated rings. The van der Waals surface area contributed by atoms with Gasteiger partial charge in [0.1, 0.15) is 11.5 Å². The Hall–Kier alpha value is -2.50. The van der Waals surface area contributed by atoms with Gasteiger partial charge in [-0.2, -0.15) is 0 Å². The van der Waals surface area contributed by atoms with Crippen LogP contribution in [-0.2, 0) is 14.3 Å². The molecule has 1 aliphatic carbocycles. The van der Waals surface area contributed by atoms with Gasteiger partial charge in [-0.15, -0.1) is 0 Å². The van der Waals surface area contributed by atoms with Crippen LogP contribution < -0.4 is 14.8 Å². The van der Waals surface area contributed by atoms with Crippen LogP contribution in [0.15, 0.2) is 24.3 Å². The van der Waals surface area contributed by atoms with Gasteiger partial charge in [0, 0.05) is 23.7 Å². The molecule has 0 aliphatic heterocycles. The van der Waals surface area contributed by atoms with Crippen molar-refractivity contribution in [2.45, 2.75) is 39.2 Å². The van der Waals surface area contributed by atoms with E-state index in [4.69, 9.17) is 14.2 Å². The summed E-state index contributed by atoms with van der Waals surface area (Å²) in [6.45, 7) is 4.09. The molecule has 0 aromatic heterocycles. The zero-order chi connectivity index (χ0) is 19.8. The lowest BCUT2D eigenvalue weighted by molar-refractivity contribution is -0.144. The molecule has 6 nitrogen and oxygen atoms in total. The van der Waals surface area contributed by atoms with Gasteiger partial charge in [0.2, 0.25) is 0 Å². The van der Waals surface area contributed by atoms with Crippen LogP contribution in [-0.4, -0.2) is 38.7 Å². The summed E-state index contributed by atoms with van der Waals surface area (Å²) in [5.41, 5.74) is 0.713. The highest BCUT2D eigenvalue weighted by Gasteiger charge is 2.28. The molecular formula is C21H29NO5. The van der Waals surface area contributed by atoms with Crippen molar-refractivity contribution in [3.63, 3.8) is 0 Å². The molecule has 1 saturated carbocycles. The van der Waals surface area contributed by atoms with Crippen LogP contribution in [0.1, 0.15) is 38.7 Å². The van der Waals surface area contributed by atoms with Crippen molar-refractivity contribution in [1.29, 1.82) is 0 Å².